The zero-order valence-electron chi connectivity index (χ0n) is 16.2. The predicted molar refractivity (Wildman–Crippen MR) is 105 cm³/mol. The van der Waals surface area contributed by atoms with E-state index in [9.17, 15) is 9.59 Å². The van der Waals surface area contributed by atoms with Crippen molar-refractivity contribution in [3.63, 3.8) is 0 Å². The normalized spacial score (nSPS) is 10.8. The number of rotatable bonds is 6. The van der Waals surface area contributed by atoms with Gasteiger partial charge in [-0.05, 0) is 51.5 Å². The molecule has 0 atom stereocenters. The van der Waals surface area contributed by atoms with Gasteiger partial charge >= 0.3 is 6.09 Å². The van der Waals surface area contributed by atoms with Gasteiger partial charge in [-0.25, -0.2) is 4.79 Å². The average Bonchev–Trinajstić information content (AvgIpc) is 2.57. The second-order valence-corrected chi connectivity index (χ2v) is 7.07. The lowest BCUT2D eigenvalue weighted by Gasteiger charge is -2.19. The highest BCUT2D eigenvalue weighted by molar-refractivity contribution is 5.95. The molecule has 2 aromatic rings. The number of carbonyl (C=O) groups is 2. The molecule has 0 saturated carbocycles. The molecule has 2 rings (SSSR count). The molecule has 2 amide bonds. The van der Waals surface area contributed by atoms with Crippen molar-refractivity contribution in [1.29, 1.82) is 0 Å². The van der Waals surface area contributed by atoms with Crippen molar-refractivity contribution in [2.24, 2.45) is 0 Å². The molecule has 0 fully saturated rings. The maximum absolute atomic E-state index is 12.1. The largest absolute Gasteiger partial charge is 0.492 e. The van der Waals surface area contributed by atoms with Gasteiger partial charge in [-0.3, -0.25) is 10.1 Å². The Hall–Kier alpha value is -3.02. The Morgan fingerprint density at radius 3 is 2.48 bits per heavy atom. The van der Waals surface area contributed by atoms with E-state index in [2.05, 4.69) is 10.6 Å². The molecular weight excluding hydrogens is 344 g/mol. The summed E-state index contributed by atoms with van der Waals surface area (Å²) in [7, 11) is 0. The fourth-order valence-corrected chi connectivity index (χ4v) is 2.34. The zero-order valence-corrected chi connectivity index (χ0v) is 16.2. The summed E-state index contributed by atoms with van der Waals surface area (Å²) in [6.07, 6.45) is -0.523. The molecule has 6 heteroatoms. The highest BCUT2D eigenvalue weighted by Gasteiger charge is 2.16. The second kappa shape index (κ2) is 9.07. The van der Waals surface area contributed by atoms with Gasteiger partial charge in [0, 0.05) is 17.3 Å². The van der Waals surface area contributed by atoms with Crippen LogP contribution in [0.4, 0.5) is 10.5 Å². The van der Waals surface area contributed by atoms with Crippen LogP contribution in [0.2, 0.25) is 0 Å². The molecular formula is C21H26N2O4. The molecule has 27 heavy (non-hydrogen) atoms. The number of hydrogen-bond donors (Lipinski definition) is 2. The molecule has 0 heterocycles. The van der Waals surface area contributed by atoms with E-state index in [0.29, 0.717) is 30.2 Å². The molecule has 0 aromatic heterocycles. The number of nitrogens with one attached hydrogen (secondary N) is 2. The van der Waals surface area contributed by atoms with Crippen LogP contribution in [0.25, 0.3) is 0 Å². The van der Waals surface area contributed by atoms with Crippen molar-refractivity contribution >= 4 is 17.7 Å². The van der Waals surface area contributed by atoms with Crippen LogP contribution in [0.1, 0.15) is 36.7 Å². The summed E-state index contributed by atoms with van der Waals surface area (Å²) in [4.78, 5) is 24.0. The monoisotopic (exact) mass is 370 g/mol. The van der Waals surface area contributed by atoms with Gasteiger partial charge in [-0.1, -0.05) is 24.3 Å². The third-order valence-corrected chi connectivity index (χ3v) is 3.53. The first-order valence-corrected chi connectivity index (χ1v) is 8.81. The number of anilines is 1. The third kappa shape index (κ3) is 7.01. The minimum Gasteiger partial charge on any atom is -0.492 e. The number of hydrogen-bond acceptors (Lipinski definition) is 4. The molecule has 0 aliphatic heterocycles. The molecule has 0 bridgehead atoms. The van der Waals surface area contributed by atoms with Gasteiger partial charge in [0.25, 0.3) is 5.91 Å². The maximum atomic E-state index is 12.1. The molecule has 0 unspecified atom stereocenters. The topological polar surface area (TPSA) is 76.7 Å². The molecule has 0 radical (unpaired) electrons. The van der Waals surface area contributed by atoms with E-state index in [4.69, 9.17) is 9.47 Å². The first-order chi connectivity index (χ1) is 12.7. The standard InChI is InChI=1S/C21H26N2O4/c1-15-8-5-6-11-18(15)19(24)22-12-13-26-17-10-7-9-16(14-17)23-20(25)27-21(2,3)4/h5-11,14H,12-13H2,1-4H3,(H,22,24)(H,23,25). The molecule has 0 spiro atoms. The molecule has 0 aliphatic carbocycles. The molecule has 2 N–H and O–H groups in total. The fourth-order valence-electron chi connectivity index (χ4n) is 2.34. The lowest BCUT2D eigenvalue weighted by atomic mass is 10.1. The van der Waals surface area contributed by atoms with Crippen LogP contribution in [0, 0.1) is 6.92 Å². The lowest BCUT2D eigenvalue weighted by molar-refractivity contribution is 0.0635. The van der Waals surface area contributed by atoms with Crippen LogP contribution in [0.3, 0.4) is 0 Å². The summed E-state index contributed by atoms with van der Waals surface area (Å²) < 4.78 is 10.9. The van der Waals surface area contributed by atoms with Gasteiger partial charge in [-0.15, -0.1) is 0 Å². The molecule has 2 aromatic carbocycles. The van der Waals surface area contributed by atoms with Crippen molar-refractivity contribution in [2.45, 2.75) is 33.3 Å². The van der Waals surface area contributed by atoms with Crippen LogP contribution in [-0.4, -0.2) is 30.8 Å². The van der Waals surface area contributed by atoms with E-state index in [-0.39, 0.29) is 5.91 Å². The van der Waals surface area contributed by atoms with Crippen LogP contribution < -0.4 is 15.4 Å². The van der Waals surface area contributed by atoms with Crippen LogP contribution in [-0.2, 0) is 4.74 Å². The van der Waals surface area contributed by atoms with E-state index in [0.717, 1.165) is 5.56 Å². The van der Waals surface area contributed by atoms with Crippen molar-refractivity contribution in [1.82, 2.24) is 5.32 Å². The molecule has 0 saturated heterocycles. The summed E-state index contributed by atoms with van der Waals surface area (Å²) in [5.41, 5.74) is 1.59. The molecule has 6 nitrogen and oxygen atoms in total. The van der Waals surface area contributed by atoms with Crippen molar-refractivity contribution in [3.05, 3.63) is 59.7 Å². The Balaban J connectivity index is 1.80. The highest BCUT2D eigenvalue weighted by Crippen LogP contribution is 2.18. The van der Waals surface area contributed by atoms with Gasteiger partial charge in [-0.2, -0.15) is 0 Å². The number of aryl methyl sites for hydroxylation is 1. The minimum absolute atomic E-state index is 0.128. The summed E-state index contributed by atoms with van der Waals surface area (Å²) in [5.74, 6) is 0.464. The maximum Gasteiger partial charge on any atom is 0.412 e. The lowest BCUT2D eigenvalue weighted by Crippen LogP contribution is -2.28. The number of ether oxygens (including phenoxy) is 2. The predicted octanol–water partition coefficient (Wildman–Crippen LogP) is 4.15. The Morgan fingerprint density at radius 1 is 1.04 bits per heavy atom. The summed E-state index contributed by atoms with van der Waals surface area (Å²) in [5, 5.41) is 5.49. The van der Waals surface area contributed by atoms with Gasteiger partial charge in [0.15, 0.2) is 0 Å². The SMILES string of the molecule is Cc1ccccc1C(=O)NCCOc1cccc(NC(=O)OC(C)(C)C)c1. The van der Waals surface area contributed by atoms with E-state index in [1.165, 1.54) is 0 Å². The Kier molecular flexibility index (Phi) is 6.82. The van der Waals surface area contributed by atoms with Crippen LogP contribution in [0.15, 0.2) is 48.5 Å². The highest BCUT2D eigenvalue weighted by atomic mass is 16.6. The Morgan fingerprint density at radius 2 is 1.78 bits per heavy atom. The van der Waals surface area contributed by atoms with Crippen molar-refractivity contribution in [2.75, 3.05) is 18.5 Å². The Bertz CT molecular complexity index is 797. The zero-order chi connectivity index (χ0) is 19.9. The summed E-state index contributed by atoms with van der Waals surface area (Å²) in [6, 6.07) is 14.4. The quantitative estimate of drug-likeness (QED) is 0.749. The van der Waals surface area contributed by atoms with E-state index in [1.807, 2.05) is 25.1 Å². The van der Waals surface area contributed by atoms with Gasteiger partial charge in [0.05, 0.1) is 6.54 Å². The van der Waals surface area contributed by atoms with E-state index < -0.39 is 11.7 Å². The third-order valence-electron chi connectivity index (χ3n) is 3.53. The number of amides is 2. The van der Waals surface area contributed by atoms with Crippen LogP contribution >= 0.6 is 0 Å². The average molecular weight is 370 g/mol. The number of benzene rings is 2. The summed E-state index contributed by atoms with van der Waals surface area (Å²) >= 11 is 0. The first kappa shape index (κ1) is 20.3. The second-order valence-electron chi connectivity index (χ2n) is 7.07. The Labute approximate surface area is 159 Å². The van der Waals surface area contributed by atoms with E-state index in [1.54, 1.807) is 51.1 Å². The van der Waals surface area contributed by atoms with Crippen molar-refractivity contribution in [3.8, 4) is 5.75 Å². The fraction of sp³-hybridized carbons (Fsp3) is 0.333. The van der Waals surface area contributed by atoms with Gasteiger partial charge in [0.1, 0.15) is 18.0 Å². The van der Waals surface area contributed by atoms with Crippen LogP contribution in [0.5, 0.6) is 5.75 Å². The summed E-state index contributed by atoms with van der Waals surface area (Å²) in [6.45, 7) is 7.99. The minimum atomic E-state index is -0.562. The van der Waals surface area contributed by atoms with Gasteiger partial charge < -0.3 is 14.8 Å². The molecule has 0 aliphatic rings. The molecule has 144 valence electrons. The first-order valence-electron chi connectivity index (χ1n) is 8.81. The van der Waals surface area contributed by atoms with Gasteiger partial charge in [0.2, 0.25) is 0 Å². The number of carbonyl (C=O) groups excluding carboxylic acids is 2. The van der Waals surface area contributed by atoms with E-state index >= 15 is 0 Å². The smallest absolute Gasteiger partial charge is 0.412 e. The van der Waals surface area contributed by atoms with Crippen molar-refractivity contribution < 1.29 is 19.1 Å².